The number of hydrogen-bond donors (Lipinski definition) is 1. The zero-order valence-corrected chi connectivity index (χ0v) is 12.6. The summed E-state index contributed by atoms with van der Waals surface area (Å²) in [6.45, 7) is 3.45. The van der Waals surface area contributed by atoms with Crippen LogP contribution in [0.2, 0.25) is 0 Å². The van der Waals surface area contributed by atoms with E-state index in [1.165, 1.54) is 5.56 Å². The number of hydrogen-bond acceptors (Lipinski definition) is 4. The van der Waals surface area contributed by atoms with E-state index in [0.29, 0.717) is 18.8 Å². The van der Waals surface area contributed by atoms with Gasteiger partial charge < -0.3 is 10.0 Å². The van der Waals surface area contributed by atoms with E-state index in [-0.39, 0.29) is 18.4 Å². The molecule has 3 rings (SSSR count). The number of aliphatic hydroxyl groups excluding tert-OH is 1. The molecule has 1 aliphatic rings. The second-order valence-electron chi connectivity index (χ2n) is 5.83. The van der Waals surface area contributed by atoms with Crippen molar-refractivity contribution < 1.29 is 9.90 Å². The minimum absolute atomic E-state index is 0.114. The van der Waals surface area contributed by atoms with Gasteiger partial charge in [0.15, 0.2) is 5.69 Å². The first-order valence-corrected chi connectivity index (χ1v) is 7.57. The number of benzene rings is 1. The molecule has 1 amide bonds. The highest BCUT2D eigenvalue weighted by atomic mass is 16.3. The van der Waals surface area contributed by atoms with Gasteiger partial charge in [0.2, 0.25) is 0 Å². The van der Waals surface area contributed by atoms with Crippen molar-refractivity contribution in [3.05, 3.63) is 41.7 Å². The van der Waals surface area contributed by atoms with Crippen LogP contribution in [0.1, 0.15) is 28.9 Å². The minimum atomic E-state index is -0.114. The van der Waals surface area contributed by atoms with Crippen molar-refractivity contribution in [2.45, 2.75) is 19.8 Å². The van der Waals surface area contributed by atoms with Crippen LogP contribution in [-0.2, 0) is 0 Å². The fraction of sp³-hybridized carbons (Fsp3) is 0.438. The normalized spacial score (nSPS) is 18.5. The zero-order chi connectivity index (χ0) is 15.5. The third-order valence-corrected chi connectivity index (χ3v) is 4.08. The van der Waals surface area contributed by atoms with Crippen LogP contribution < -0.4 is 0 Å². The second kappa shape index (κ2) is 6.27. The number of amides is 1. The zero-order valence-electron chi connectivity index (χ0n) is 12.6. The number of carbonyl (C=O) groups is 1. The molecule has 1 saturated heterocycles. The Hall–Kier alpha value is -2.21. The van der Waals surface area contributed by atoms with E-state index >= 15 is 0 Å². The van der Waals surface area contributed by atoms with Gasteiger partial charge in [0.1, 0.15) is 0 Å². The first-order valence-electron chi connectivity index (χ1n) is 7.57. The average molecular weight is 300 g/mol. The SMILES string of the molecule is Cc1ccc(-n2cc(C(=O)N3CCCC(CO)C3)nn2)cc1. The molecule has 6 nitrogen and oxygen atoms in total. The van der Waals surface area contributed by atoms with Crippen molar-refractivity contribution in [2.75, 3.05) is 19.7 Å². The summed E-state index contributed by atoms with van der Waals surface area (Å²) in [6.07, 6.45) is 3.55. The summed E-state index contributed by atoms with van der Waals surface area (Å²) in [6, 6.07) is 7.88. The van der Waals surface area contributed by atoms with Crippen LogP contribution in [-0.4, -0.2) is 50.6 Å². The molecule has 0 spiro atoms. The smallest absolute Gasteiger partial charge is 0.276 e. The Balaban J connectivity index is 1.75. The summed E-state index contributed by atoms with van der Waals surface area (Å²) in [5.41, 5.74) is 2.40. The van der Waals surface area contributed by atoms with E-state index in [1.54, 1.807) is 15.8 Å². The van der Waals surface area contributed by atoms with Crippen LogP contribution in [0.5, 0.6) is 0 Å². The van der Waals surface area contributed by atoms with Gasteiger partial charge in [-0.15, -0.1) is 5.10 Å². The molecular formula is C16H20N4O2. The Morgan fingerprint density at radius 1 is 1.36 bits per heavy atom. The maximum absolute atomic E-state index is 12.5. The molecule has 1 atom stereocenters. The first kappa shape index (κ1) is 14.7. The lowest BCUT2D eigenvalue weighted by molar-refractivity contribution is 0.0615. The lowest BCUT2D eigenvalue weighted by Crippen LogP contribution is -2.41. The molecule has 6 heteroatoms. The predicted octanol–water partition coefficient (Wildman–Crippen LogP) is 1.42. The van der Waals surface area contributed by atoms with E-state index in [2.05, 4.69) is 10.3 Å². The van der Waals surface area contributed by atoms with Crippen molar-refractivity contribution in [3.63, 3.8) is 0 Å². The number of aromatic nitrogens is 3. The topological polar surface area (TPSA) is 71.2 Å². The standard InChI is InChI=1S/C16H20N4O2/c1-12-4-6-14(7-5-12)20-10-15(17-18-20)16(22)19-8-2-3-13(9-19)11-21/h4-7,10,13,21H,2-3,8-9,11H2,1H3. The van der Waals surface area contributed by atoms with Gasteiger partial charge >= 0.3 is 0 Å². The highest BCUT2D eigenvalue weighted by Crippen LogP contribution is 2.18. The highest BCUT2D eigenvalue weighted by molar-refractivity contribution is 5.92. The number of aryl methyl sites for hydroxylation is 1. The van der Waals surface area contributed by atoms with Crippen molar-refractivity contribution in [3.8, 4) is 5.69 Å². The number of likely N-dealkylation sites (tertiary alicyclic amines) is 1. The lowest BCUT2D eigenvalue weighted by Gasteiger charge is -2.31. The molecule has 0 saturated carbocycles. The Morgan fingerprint density at radius 2 is 2.14 bits per heavy atom. The van der Waals surface area contributed by atoms with Crippen LogP contribution in [0.3, 0.4) is 0 Å². The number of nitrogens with zero attached hydrogens (tertiary/aromatic N) is 4. The number of carbonyl (C=O) groups excluding carboxylic acids is 1. The monoisotopic (exact) mass is 300 g/mol. The van der Waals surface area contributed by atoms with Gasteiger partial charge in [-0.05, 0) is 37.8 Å². The minimum Gasteiger partial charge on any atom is -0.396 e. The fourth-order valence-electron chi connectivity index (χ4n) is 2.75. The van der Waals surface area contributed by atoms with E-state index in [4.69, 9.17) is 0 Å². The molecule has 2 aromatic rings. The first-order chi connectivity index (χ1) is 10.7. The van der Waals surface area contributed by atoms with Crippen molar-refractivity contribution >= 4 is 5.91 Å². The Morgan fingerprint density at radius 3 is 2.86 bits per heavy atom. The maximum atomic E-state index is 12.5. The summed E-state index contributed by atoms with van der Waals surface area (Å²) in [7, 11) is 0. The van der Waals surface area contributed by atoms with Gasteiger partial charge in [0.25, 0.3) is 5.91 Å². The van der Waals surface area contributed by atoms with Crippen molar-refractivity contribution in [1.29, 1.82) is 0 Å². The van der Waals surface area contributed by atoms with Gasteiger partial charge in [-0.2, -0.15) is 0 Å². The summed E-state index contributed by atoms with van der Waals surface area (Å²) < 4.78 is 1.61. The third-order valence-electron chi connectivity index (χ3n) is 4.08. The largest absolute Gasteiger partial charge is 0.396 e. The molecule has 2 heterocycles. The van der Waals surface area contributed by atoms with Crippen LogP contribution in [0.4, 0.5) is 0 Å². The number of aliphatic hydroxyl groups is 1. The Kier molecular flexibility index (Phi) is 4.20. The molecule has 22 heavy (non-hydrogen) atoms. The van der Waals surface area contributed by atoms with Gasteiger partial charge in [-0.25, -0.2) is 4.68 Å². The van der Waals surface area contributed by atoms with E-state index in [1.807, 2.05) is 31.2 Å². The van der Waals surface area contributed by atoms with Crippen molar-refractivity contribution in [2.24, 2.45) is 5.92 Å². The lowest BCUT2D eigenvalue weighted by atomic mass is 9.99. The van der Waals surface area contributed by atoms with E-state index in [9.17, 15) is 9.90 Å². The van der Waals surface area contributed by atoms with Crippen LogP contribution >= 0.6 is 0 Å². The van der Waals surface area contributed by atoms with Crippen molar-refractivity contribution in [1.82, 2.24) is 19.9 Å². The maximum Gasteiger partial charge on any atom is 0.276 e. The number of rotatable bonds is 3. The average Bonchev–Trinajstić information content (AvgIpc) is 3.05. The Bertz CT molecular complexity index is 650. The molecule has 0 aliphatic carbocycles. The molecule has 116 valence electrons. The Labute approximate surface area is 129 Å². The van der Waals surface area contributed by atoms with Gasteiger partial charge in [0, 0.05) is 19.7 Å². The number of piperidine rings is 1. The van der Waals surface area contributed by atoms with E-state index in [0.717, 1.165) is 18.5 Å². The molecule has 1 aromatic carbocycles. The van der Waals surface area contributed by atoms with Crippen LogP contribution in [0, 0.1) is 12.8 Å². The van der Waals surface area contributed by atoms with Gasteiger partial charge in [-0.3, -0.25) is 4.79 Å². The van der Waals surface area contributed by atoms with Gasteiger partial charge in [0.05, 0.1) is 11.9 Å². The van der Waals surface area contributed by atoms with E-state index < -0.39 is 0 Å². The molecule has 1 fully saturated rings. The predicted molar refractivity (Wildman–Crippen MR) is 81.8 cm³/mol. The highest BCUT2D eigenvalue weighted by Gasteiger charge is 2.25. The summed E-state index contributed by atoms with van der Waals surface area (Å²) in [5.74, 6) is 0.0568. The quantitative estimate of drug-likeness (QED) is 0.930. The third kappa shape index (κ3) is 3.01. The van der Waals surface area contributed by atoms with Crippen LogP contribution in [0.25, 0.3) is 5.69 Å². The summed E-state index contributed by atoms with van der Waals surface area (Å²) >= 11 is 0. The van der Waals surface area contributed by atoms with Gasteiger partial charge in [-0.1, -0.05) is 22.9 Å². The molecule has 1 unspecified atom stereocenters. The fourth-order valence-corrected chi connectivity index (χ4v) is 2.75. The molecule has 0 bridgehead atoms. The summed E-state index contributed by atoms with van der Waals surface area (Å²) in [5, 5.41) is 17.3. The van der Waals surface area contributed by atoms with Crippen LogP contribution in [0.15, 0.2) is 30.5 Å². The second-order valence-corrected chi connectivity index (χ2v) is 5.83. The summed E-state index contributed by atoms with van der Waals surface area (Å²) in [4.78, 5) is 14.2. The molecule has 1 aliphatic heterocycles. The molecular weight excluding hydrogens is 280 g/mol. The molecule has 0 radical (unpaired) electrons. The molecule has 1 N–H and O–H groups in total. The molecule has 1 aromatic heterocycles.